The van der Waals surface area contributed by atoms with Gasteiger partial charge in [-0.05, 0) is 23.3 Å². The lowest BCUT2D eigenvalue weighted by molar-refractivity contribution is -0.134. The van der Waals surface area contributed by atoms with E-state index in [4.69, 9.17) is 5.26 Å². The van der Waals surface area contributed by atoms with Gasteiger partial charge in [0.05, 0.1) is 23.6 Å². The number of nitriles is 1. The molecule has 1 saturated heterocycles. The molecule has 1 heterocycles. The average Bonchev–Trinajstić information content (AvgIpc) is 3.12. The molecule has 2 atom stereocenters. The van der Waals surface area contributed by atoms with Crippen LogP contribution in [0.3, 0.4) is 0 Å². The Labute approximate surface area is 141 Å². The van der Waals surface area contributed by atoms with E-state index in [1.807, 2.05) is 49.5 Å². The second-order valence-corrected chi connectivity index (χ2v) is 6.02. The van der Waals surface area contributed by atoms with Crippen LogP contribution >= 0.6 is 0 Å². The zero-order valence-corrected chi connectivity index (χ0v) is 13.6. The number of hydrogen-bond acceptors (Lipinski definition) is 4. The number of nitrogens with zero attached hydrogens (tertiary/aromatic N) is 2. The maximum Gasteiger partial charge on any atom is 0.229 e. The van der Waals surface area contributed by atoms with E-state index in [2.05, 4.69) is 16.9 Å². The fourth-order valence-electron chi connectivity index (χ4n) is 3.02. The summed E-state index contributed by atoms with van der Waals surface area (Å²) in [6, 6.07) is 19.4. The number of benzene rings is 2. The topological polar surface area (TPSA) is 68.2 Å². The van der Waals surface area contributed by atoms with Crippen LogP contribution in [-0.4, -0.2) is 24.4 Å². The normalized spacial score (nSPS) is 19.7. The van der Waals surface area contributed by atoms with Gasteiger partial charge >= 0.3 is 0 Å². The number of nitrogens with one attached hydrogen (secondary N) is 2. The molecular weight excluding hydrogens is 300 g/mol. The van der Waals surface area contributed by atoms with E-state index in [9.17, 15) is 4.79 Å². The van der Waals surface area contributed by atoms with Crippen molar-refractivity contribution in [2.24, 2.45) is 5.92 Å². The number of rotatable bonds is 4. The molecule has 1 aliphatic heterocycles. The first-order valence-electron chi connectivity index (χ1n) is 7.96. The molecule has 1 fully saturated rings. The SMILES string of the molecule is CN(Cc1ccc(C#N)cc1)C(=O)C1CNNC1c1ccccc1. The van der Waals surface area contributed by atoms with Gasteiger partial charge in [-0.15, -0.1) is 0 Å². The van der Waals surface area contributed by atoms with Crippen molar-refractivity contribution < 1.29 is 4.79 Å². The molecule has 2 aromatic rings. The first kappa shape index (κ1) is 16.2. The van der Waals surface area contributed by atoms with Crippen molar-refractivity contribution in [1.82, 2.24) is 15.8 Å². The largest absolute Gasteiger partial charge is 0.341 e. The lowest BCUT2D eigenvalue weighted by Gasteiger charge is -2.24. The van der Waals surface area contributed by atoms with Crippen molar-refractivity contribution >= 4 is 5.91 Å². The Kier molecular flexibility index (Phi) is 4.90. The maximum atomic E-state index is 12.9. The molecule has 0 spiro atoms. The summed E-state index contributed by atoms with van der Waals surface area (Å²) in [4.78, 5) is 14.6. The van der Waals surface area contributed by atoms with Crippen molar-refractivity contribution in [3.63, 3.8) is 0 Å². The van der Waals surface area contributed by atoms with Gasteiger partial charge in [-0.3, -0.25) is 10.2 Å². The summed E-state index contributed by atoms with van der Waals surface area (Å²) in [7, 11) is 1.82. The highest BCUT2D eigenvalue weighted by Crippen LogP contribution is 2.26. The molecule has 2 unspecified atom stereocenters. The molecular formula is C19H20N4O. The highest BCUT2D eigenvalue weighted by Gasteiger charge is 2.35. The lowest BCUT2D eigenvalue weighted by atomic mass is 9.93. The van der Waals surface area contributed by atoms with Gasteiger partial charge in [0.2, 0.25) is 5.91 Å². The predicted octanol–water partition coefficient (Wildman–Crippen LogP) is 1.98. The zero-order valence-electron chi connectivity index (χ0n) is 13.6. The van der Waals surface area contributed by atoms with E-state index >= 15 is 0 Å². The molecule has 1 amide bonds. The number of hydrazine groups is 1. The molecule has 0 radical (unpaired) electrons. The van der Waals surface area contributed by atoms with Crippen LogP contribution in [0.4, 0.5) is 0 Å². The monoisotopic (exact) mass is 320 g/mol. The van der Waals surface area contributed by atoms with E-state index in [1.54, 1.807) is 17.0 Å². The molecule has 2 aromatic carbocycles. The molecule has 3 rings (SSSR count). The quantitative estimate of drug-likeness (QED) is 0.904. The summed E-state index contributed by atoms with van der Waals surface area (Å²) in [6.07, 6.45) is 0. The van der Waals surface area contributed by atoms with Gasteiger partial charge in [0.25, 0.3) is 0 Å². The second kappa shape index (κ2) is 7.26. The number of carbonyl (C=O) groups excluding carboxylic acids is 1. The molecule has 2 N–H and O–H groups in total. The Balaban J connectivity index is 1.69. The summed E-state index contributed by atoms with van der Waals surface area (Å²) in [6.45, 7) is 1.14. The minimum Gasteiger partial charge on any atom is -0.341 e. The van der Waals surface area contributed by atoms with Crippen LogP contribution < -0.4 is 10.9 Å². The molecule has 0 aliphatic carbocycles. The Morgan fingerprint density at radius 2 is 1.92 bits per heavy atom. The number of amides is 1. The molecule has 5 heteroatoms. The van der Waals surface area contributed by atoms with Crippen LogP contribution in [0, 0.1) is 17.2 Å². The first-order chi connectivity index (χ1) is 11.7. The second-order valence-electron chi connectivity index (χ2n) is 6.02. The Hall–Kier alpha value is -2.68. The predicted molar refractivity (Wildman–Crippen MR) is 91.4 cm³/mol. The van der Waals surface area contributed by atoms with Crippen LogP contribution in [0.15, 0.2) is 54.6 Å². The first-order valence-corrected chi connectivity index (χ1v) is 7.96. The third kappa shape index (κ3) is 3.46. The number of carbonyl (C=O) groups is 1. The zero-order chi connectivity index (χ0) is 16.9. The molecule has 24 heavy (non-hydrogen) atoms. The summed E-state index contributed by atoms with van der Waals surface area (Å²) in [5.74, 6) is -0.0403. The van der Waals surface area contributed by atoms with Gasteiger partial charge in [0.1, 0.15) is 0 Å². The molecule has 0 aromatic heterocycles. The van der Waals surface area contributed by atoms with E-state index in [-0.39, 0.29) is 17.9 Å². The van der Waals surface area contributed by atoms with Crippen molar-refractivity contribution in [2.75, 3.05) is 13.6 Å². The van der Waals surface area contributed by atoms with Gasteiger partial charge in [-0.25, -0.2) is 5.43 Å². The highest BCUT2D eigenvalue weighted by molar-refractivity contribution is 5.80. The van der Waals surface area contributed by atoms with Crippen LogP contribution in [0.25, 0.3) is 0 Å². The maximum absolute atomic E-state index is 12.9. The summed E-state index contributed by atoms with van der Waals surface area (Å²) in [5, 5.41) is 8.85. The average molecular weight is 320 g/mol. The molecule has 122 valence electrons. The molecule has 0 saturated carbocycles. The molecule has 0 bridgehead atoms. The standard InChI is InChI=1S/C19H20N4O/c1-23(13-15-9-7-14(11-20)8-10-15)19(24)17-12-21-22-18(17)16-5-3-2-4-6-16/h2-10,17-18,21-22H,12-13H2,1H3. The minimum atomic E-state index is -0.143. The van der Waals surface area contributed by atoms with Crippen molar-refractivity contribution in [3.8, 4) is 6.07 Å². The van der Waals surface area contributed by atoms with Gasteiger partial charge in [-0.2, -0.15) is 5.26 Å². The Morgan fingerprint density at radius 3 is 2.58 bits per heavy atom. The van der Waals surface area contributed by atoms with E-state index in [0.717, 1.165) is 11.1 Å². The van der Waals surface area contributed by atoms with Gasteiger partial charge in [0.15, 0.2) is 0 Å². The summed E-state index contributed by atoms with van der Waals surface area (Å²) >= 11 is 0. The van der Waals surface area contributed by atoms with E-state index in [1.165, 1.54) is 0 Å². The summed E-state index contributed by atoms with van der Waals surface area (Å²) in [5.41, 5.74) is 9.05. The molecule has 1 aliphatic rings. The smallest absolute Gasteiger partial charge is 0.229 e. The lowest BCUT2D eigenvalue weighted by Crippen LogP contribution is -2.36. The van der Waals surface area contributed by atoms with Gasteiger partial charge in [0, 0.05) is 20.1 Å². The molecule has 5 nitrogen and oxygen atoms in total. The van der Waals surface area contributed by atoms with Crippen LogP contribution in [0.2, 0.25) is 0 Å². The fraction of sp³-hybridized carbons (Fsp3) is 0.263. The summed E-state index contributed by atoms with van der Waals surface area (Å²) < 4.78 is 0. The third-order valence-corrected chi connectivity index (χ3v) is 4.34. The minimum absolute atomic E-state index is 0.0258. The van der Waals surface area contributed by atoms with Crippen molar-refractivity contribution in [1.29, 1.82) is 5.26 Å². The Bertz CT molecular complexity index is 736. The van der Waals surface area contributed by atoms with Crippen LogP contribution in [-0.2, 0) is 11.3 Å². The van der Waals surface area contributed by atoms with Crippen molar-refractivity contribution in [2.45, 2.75) is 12.6 Å². The number of hydrogen-bond donors (Lipinski definition) is 2. The third-order valence-electron chi connectivity index (χ3n) is 4.34. The van der Waals surface area contributed by atoms with Crippen LogP contribution in [0.1, 0.15) is 22.7 Å². The van der Waals surface area contributed by atoms with Gasteiger partial charge < -0.3 is 4.90 Å². The fourth-order valence-corrected chi connectivity index (χ4v) is 3.02. The highest BCUT2D eigenvalue weighted by atomic mass is 16.2. The van der Waals surface area contributed by atoms with E-state index in [0.29, 0.717) is 18.7 Å². The van der Waals surface area contributed by atoms with Crippen molar-refractivity contribution in [3.05, 3.63) is 71.3 Å². The Morgan fingerprint density at radius 1 is 1.21 bits per heavy atom. The van der Waals surface area contributed by atoms with E-state index < -0.39 is 0 Å². The van der Waals surface area contributed by atoms with Gasteiger partial charge in [-0.1, -0.05) is 42.5 Å². The van der Waals surface area contributed by atoms with Crippen LogP contribution in [0.5, 0.6) is 0 Å².